The maximum Gasteiger partial charge on any atom is 0.187 e. The summed E-state index contributed by atoms with van der Waals surface area (Å²) < 4.78 is 61.2. The lowest BCUT2D eigenvalue weighted by molar-refractivity contribution is -0.362. The molecule has 2 aliphatic heterocycles. The first-order chi connectivity index (χ1) is 33.1. The first-order valence-corrected chi connectivity index (χ1v) is 22.7. The summed E-state index contributed by atoms with van der Waals surface area (Å²) in [6.07, 6.45) is -9.63. The van der Waals surface area contributed by atoms with Crippen molar-refractivity contribution in [2.45, 2.75) is 101 Å². The summed E-state index contributed by atoms with van der Waals surface area (Å²) >= 11 is 0. The number of nitrogens with zero attached hydrogens (tertiary/aromatic N) is 3. The second kappa shape index (κ2) is 25.4. The topological polar surface area (TPSA) is 152 Å². The number of aliphatic hydroxyl groups excluding tert-OH is 1. The molecule has 6 aromatic carbocycles. The molecule has 2 aliphatic rings. The van der Waals surface area contributed by atoms with Crippen molar-refractivity contribution in [2.24, 2.45) is 5.11 Å². The molecule has 2 saturated heterocycles. The van der Waals surface area contributed by atoms with Gasteiger partial charge < -0.3 is 47.7 Å². The van der Waals surface area contributed by atoms with E-state index in [2.05, 4.69) is 10.0 Å². The molecular formula is C54H57N3O10. The smallest absolute Gasteiger partial charge is 0.187 e. The molecule has 1 N–H and O–H groups in total. The molecule has 13 nitrogen and oxygen atoms in total. The molecule has 0 amide bonds. The van der Waals surface area contributed by atoms with Crippen LogP contribution < -0.4 is 0 Å². The van der Waals surface area contributed by atoms with Crippen LogP contribution in [-0.4, -0.2) is 79.7 Å². The minimum absolute atomic E-state index is 0.102. The molecule has 0 unspecified atom stereocenters. The maximum absolute atomic E-state index is 11.1. The van der Waals surface area contributed by atoms with Gasteiger partial charge in [0.25, 0.3) is 0 Å². The van der Waals surface area contributed by atoms with E-state index in [0.29, 0.717) is 6.61 Å². The van der Waals surface area contributed by atoms with Crippen LogP contribution in [0.1, 0.15) is 33.4 Å². The lowest BCUT2D eigenvalue weighted by atomic mass is 9.95. The number of azide groups is 1. The molecule has 2 fully saturated rings. The molecule has 0 aromatic heterocycles. The van der Waals surface area contributed by atoms with E-state index in [4.69, 9.17) is 42.6 Å². The van der Waals surface area contributed by atoms with E-state index in [9.17, 15) is 10.6 Å². The van der Waals surface area contributed by atoms with Gasteiger partial charge in [0.1, 0.15) is 48.8 Å². The zero-order valence-corrected chi connectivity index (χ0v) is 37.2. The fourth-order valence-electron chi connectivity index (χ4n) is 8.26. The van der Waals surface area contributed by atoms with Gasteiger partial charge in [-0.2, -0.15) is 0 Å². The molecule has 13 heteroatoms. The summed E-state index contributed by atoms with van der Waals surface area (Å²) in [4.78, 5) is 3.11. The molecule has 0 radical (unpaired) electrons. The number of rotatable bonds is 23. The number of benzene rings is 6. The Hall–Kier alpha value is -5.77. The van der Waals surface area contributed by atoms with E-state index in [-0.39, 0.29) is 39.6 Å². The highest BCUT2D eigenvalue weighted by Crippen LogP contribution is 2.37. The molecule has 8 rings (SSSR count). The van der Waals surface area contributed by atoms with Crippen LogP contribution in [0.2, 0.25) is 0 Å². The largest absolute Gasteiger partial charge is 0.394 e. The SMILES string of the molecule is [N-]=[N+]=N[C@H]1O[C@H](CO)[C@@H](O[C@H]2O[C@H](COCc3ccccc3)[C@@H](OCc3ccccc3)[C@H](OCc3ccccc3)[C@H]2OCc2ccccc2)[C@H](OCc2ccccc2)[C@H]1OCc1ccccc1. The van der Waals surface area contributed by atoms with Gasteiger partial charge in [-0.15, -0.1) is 0 Å². The van der Waals surface area contributed by atoms with Crippen LogP contribution >= 0.6 is 0 Å². The molecule has 0 spiro atoms. The molecular weight excluding hydrogens is 851 g/mol. The Kier molecular flexibility index (Phi) is 18.1. The quantitative estimate of drug-likeness (QED) is 0.0374. The molecule has 67 heavy (non-hydrogen) atoms. The lowest BCUT2D eigenvalue weighted by Gasteiger charge is -2.49. The predicted octanol–water partition coefficient (Wildman–Crippen LogP) is 9.27. The van der Waals surface area contributed by atoms with Crippen LogP contribution in [0.3, 0.4) is 0 Å². The summed E-state index contributed by atoms with van der Waals surface area (Å²) in [5, 5.41) is 15.1. The van der Waals surface area contributed by atoms with Gasteiger partial charge in [0, 0.05) is 4.91 Å². The summed E-state index contributed by atoms with van der Waals surface area (Å²) in [6.45, 7) is 0.864. The standard InChI is InChI=1S/C54H57N3O10/c55-57-56-53-51(63-36-43-27-15-5-16-28-43)50(62-35-42-25-13-4-14-26-42)48(45(31-58)65-53)67-54-52(64-37-44-29-17-6-18-30-44)49(61-34-41-23-11-3-12-24-41)47(60-33-40-21-9-2-10-22-40)46(66-54)38-59-32-39-19-7-1-8-20-39/h1-30,45-54,58H,31-38H2/t45-,46-,47-,48-,49+,50+,51-,52-,53+,54-/m1/s1. The van der Waals surface area contributed by atoms with Crippen molar-refractivity contribution in [1.29, 1.82) is 0 Å². The van der Waals surface area contributed by atoms with Crippen molar-refractivity contribution in [2.75, 3.05) is 13.2 Å². The van der Waals surface area contributed by atoms with E-state index >= 15 is 0 Å². The second-order valence-electron chi connectivity index (χ2n) is 16.4. The van der Waals surface area contributed by atoms with Gasteiger partial charge in [0.05, 0.1) is 52.9 Å². The van der Waals surface area contributed by atoms with Crippen molar-refractivity contribution in [3.05, 3.63) is 226 Å². The van der Waals surface area contributed by atoms with E-state index in [1.807, 2.05) is 182 Å². The van der Waals surface area contributed by atoms with Crippen molar-refractivity contribution >= 4 is 0 Å². The van der Waals surface area contributed by atoms with Crippen LogP contribution in [-0.2, 0) is 82.3 Å². The fraction of sp³-hybridized carbons (Fsp3) is 0.333. The number of ether oxygens (including phenoxy) is 9. The zero-order valence-electron chi connectivity index (χ0n) is 37.2. The fourth-order valence-corrected chi connectivity index (χ4v) is 8.26. The summed E-state index contributed by atoms with van der Waals surface area (Å²) in [5.41, 5.74) is 15.4. The third-order valence-corrected chi connectivity index (χ3v) is 11.7. The third kappa shape index (κ3) is 13.7. The molecule has 10 atom stereocenters. The van der Waals surface area contributed by atoms with Gasteiger partial charge in [-0.25, -0.2) is 0 Å². The maximum atomic E-state index is 11.1. The minimum Gasteiger partial charge on any atom is -0.394 e. The number of hydrogen-bond donors (Lipinski definition) is 1. The van der Waals surface area contributed by atoms with Crippen LogP contribution in [0.15, 0.2) is 187 Å². The van der Waals surface area contributed by atoms with Gasteiger partial charge >= 0.3 is 0 Å². The Labute approximate surface area is 391 Å². The Bertz CT molecular complexity index is 2350. The van der Waals surface area contributed by atoms with E-state index in [0.717, 1.165) is 33.4 Å². The van der Waals surface area contributed by atoms with Crippen molar-refractivity contribution in [3.8, 4) is 0 Å². The Balaban J connectivity index is 1.18. The highest BCUT2D eigenvalue weighted by molar-refractivity contribution is 5.18. The summed E-state index contributed by atoms with van der Waals surface area (Å²) in [6, 6.07) is 58.9. The summed E-state index contributed by atoms with van der Waals surface area (Å²) in [7, 11) is 0. The lowest BCUT2D eigenvalue weighted by Crippen LogP contribution is -2.66. The van der Waals surface area contributed by atoms with E-state index in [1.54, 1.807) is 0 Å². The monoisotopic (exact) mass is 907 g/mol. The molecule has 348 valence electrons. The number of hydrogen-bond acceptors (Lipinski definition) is 11. The van der Waals surface area contributed by atoms with Crippen molar-refractivity contribution < 1.29 is 47.7 Å². The molecule has 0 bridgehead atoms. The molecule has 6 aromatic rings. The van der Waals surface area contributed by atoms with Gasteiger partial charge in [-0.3, -0.25) is 0 Å². The van der Waals surface area contributed by atoms with Crippen LogP contribution in [0.5, 0.6) is 0 Å². The molecule has 0 saturated carbocycles. The van der Waals surface area contributed by atoms with E-state index in [1.165, 1.54) is 0 Å². The molecule has 0 aliphatic carbocycles. The van der Waals surface area contributed by atoms with Gasteiger partial charge in [0.2, 0.25) is 0 Å². The minimum atomic E-state index is -1.18. The first kappa shape index (κ1) is 47.7. The van der Waals surface area contributed by atoms with Crippen LogP contribution in [0.4, 0.5) is 0 Å². The van der Waals surface area contributed by atoms with Crippen molar-refractivity contribution in [1.82, 2.24) is 0 Å². The van der Waals surface area contributed by atoms with Gasteiger partial charge in [-0.05, 0) is 38.9 Å². The highest BCUT2D eigenvalue weighted by atomic mass is 16.7. The van der Waals surface area contributed by atoms with Gasteiger partial charge in [0.15, 0.2) is 12.5 Å². The van der Waals surface area contributed by atoms with E-state index < -0.39 is 68.0 Å². The Morgan fingerprint density at radius 2 is 0.776 bits per heavy atom. The zero-order chi connectivity index (χ0) is 45.9. The Morgan fingerprint density at radius 1 is 0.418 bits per heavy atom. The first-order valence-electron chi connectivity index (χ1n) is 22.7. The highest BCUT2D eigenvalue weighted by Gasteiger charge is 2.54. The van der Waals surface area contributed by atoms with Crippen LogP contribution in [0.25, 0.3) is 10.4 Å². The van der Waals surface area contributed by atoms with Crippen molar-refractivity contribution in [3.63, 3.8) is 0 Å². The molecule has 2 heterocycles. The third-order valence-electron chi connectivity index (χ3n) is 11.7. The normalized spacial score (nSPS) is 25.0. The Morgan fingerprint density at radius 3 is 1.18 bits per heavy atom. The van der Waals surface area contributed by atoms with Crippen LogP contribution in [0, 0.1) is 0 Å². The van der Waals surface area contributed by atoms with Gasteiger partial charge in [-0.1, -0.05) is 187 Å². The second-order valence-corrected chi connectivity index (χ2v) is 16.4. The average molecular weight is 908 g/mol. The average Bonchev–Trinajstić information content (AvgIpc) is 3.38. The predicted molar refractivity (Wildman–Crippen MR) is 250 cm³/mol. The number of aliphatic hydroxyl groups is 1. The summed E-state index contributed by atoms with van der Waals surface area (Å²) in [5.74, 6) is 0.